The predicted molar refractivity (Wildman–Crippen MR) is 108 cm³/mol. The molecular formula is C20H18N2O2S2. The third-order valence-electron chi connectivity index (χ3n) is 3.85. The number of carbonyl (C=O) groups excluding carboxylic acids is 1. The molecule has 3 heterocycles. The van der Waals surface area contributed by atoms with E-state index in [1.165, 1.54) is 0 Å². The second-order valence-corrected chi connectivity index (χ2v) is 8.60. The maximum absolute atomic E-state index is 12.6. The summed E-state index contributed by atoms with van der Waals surface area (Å²) in [5.74, 6) is 0. The summed E-state index contributed by atoms with van der Waals surface area (Å²) in [4.78, 5) is 17.4. The molecule has 0 N–H and O–H groups in total. The number of nitrogens with zero attached hydrogens (tertiary/aromatic N) is 2. The van der Waals surface area contributed by atoms with E-state index in [1.54, 1.807) is 27.2 Å². The number of rotatable bonds is 2. The highest BCUT2D eigenvalue weighted by Gasteiger charge is 2.22. The molecular weight excluding hydrogens is 364 g/mol. The van der Waals surface area contributed by atoms with Crippen LogP contribution in [0.2, 0.25) is 0 Å². The summed E-state index contributed by atoms with van der Waals surface area (Å²) in [7, 11) is 0. The van der Waals surface area contributed by atoms with Crippen LogP contribution in [0.5, 0.6) is 0 Å². The Kier molecular flexibility index (Phi) is 4.17. The molecule has 132 valence electrons. The molecule has 26 heavy (non-hydrogen) atoms. The first kappa shape index (κ1) is 17.0. The maximum Gasteiger partial charge on any atom is 0.419 e. The van der Waals surface area contributed by atoms with E-state index in [-0.39, 0.29) is 6.09 Å². The molecule has 0 aliphatic rings. The Labute approximate surface area is 159 Å². The summed E-state index contributed by atoms with van der Waals surface area (Å²) in [5.41, 5.74) is 3.30. The van der Waals surface area contributed by atoms with E-state index in [2.05, 4.69) is 16.8 Å². The second kappa shape index (κ2) is 6.37. The minimum atomic E-state index is -0.546. The van der Waals surface area contributed by atoms with Crippen molar-refractivity contribution < 1.29 is 9.53 Å². The fourth-order valence-corrected chi connectivity index (χ4v) is 4.25. The van der Waals surface area contributed by atoms with Gasteiger partial charge in [-0.3, -0.25) is 4.57 Å². The zero-order chi connectivity index (χ0) is 18.3. The van der Waals surface area contributed by atoms with E-state index in [1.807, 2.05) is 56.6 Å². The van der Waals surface area contributed by atoms with Crippen LogP contribution in [0.1, 0.15) is 20.8 Å². The Morgan fingerprint density at radius 1 is 1.15 bits per heavy atom. The molecule has 0 bridgehead atoms. The molecule has 3 aromatic heterocycles. The van der Waals surface area contributed by atoms with Crippen molar-refractivity contribution in [1.29, 1.82) is 0 Å². The molecule has 0 spiro atoms. The molecule has 0 amide bonds. The lowest BCUT2D eigenvalue weighted by Crippen LogP contribution is -2.26. The summed E-state index contributed by atoms with van der Waals surface area (Å²) >= 11 is 3.24. The van der Waals surface area contributed by atoms with Gasteiger partial charge in [-0.05, 0) is 38.3 Å². The topological polar surface area (TPSA) is 44.1 Å². The summed E-state index contributed by atoms with van der Waals surface area (Å²) in [6.07, 6.45) is 1.45. The Balaban J connectivity index is 1.80. The van der Waals surface area contributed by atoms with Gasteiger partial charge in [0.2, 0.25) is 0 Å². The van der Waals surface area contributed by atoms with Gasteiger partial charge in [0, 0.05) is 33.5 Å². The molecule has 4 aromatic rings. The summed E-state index contributed by atoms with van der Waals surface area (Å²) in [6, 6.07) is 9.89. The zero-order valence-electron chi connectivity index (χ0n) is 14.7. The smallest absolute Gasteiger partial charge is 0.419 e. The Morgan fingerprint density at radius 2 is 1.96 bits per heavy atom. The zero-order valence-corrected chi connectivity index (χ0v) is 16.4. The maximum atomic E-state index is 12.6. The van der Waals surface area contributed by atoms with Crippen molar-refractivity contribution in [2.45, 2.75) is 26.4 Å². The van der Waals surface area contributed by atoms with Crippen molar-refractivity contribution in [2.24, 2.45) is 0 Å². The Bertz CT molecular complexity index is 1070. The van der Waals surface area contributed by atoms with E-state index in [0.717, 1.165) is 32.7 Å². The molecule has 0 unspecified atom stereocenters. The average Bonchev–Trinajstić information content (AvgIpc) is 3.31. The van der Waals surface area contributed by atoms with E-state index < -0.39 is 5.60 Å². The van der Waals surface area contributed by atoms with Gasteiger partial charge in [0.15, 0.2) is 0 Å². The van der Waals surface area contributed by atoms with E-state index in [9.17, 15) is 4.79 Å². The van der Waals surface area contributed by atoms with Gasteiger partial charge in [0.1, 0.15) is 10.6 Å². The van der Waals surface area contributed by atoms with Gasteiger partial charge in [0.05, 0.1) is 11.2 Å². The van der Waals surface area contributed by atoms with Crippen molar-refractivity contribution in [3.05, 3.63) is 52.7 Å². The highest BCUT2D eigenvalue weighted by atomic mass is 32.1. The van der Waals surface area contributed by atoms with E-state index >= 15 is 0 Å². The highest BCUT2D eigenvalue weighted by Crippen LogP contribution is 2.35. The van der Waals surface area contributed by atoms with E-state index in [4.69, 9.17) is 9.72 Å². The molecule has 0 aliphatic heterocycles. The predicted octanol–water partition coefficient (Wildman–Crippen LogP) is 6.28. The molecule has 4 nitrogen and oxygen atoms in total. The highest BCUT2D eigenvalue weighted by molar-refractivity contribution is 7.13. The van der Waals surface area contributed by atoms with Gasteiger partial charge >= 0.3 is 6.09 Å². The first-order valence-corrected chi connectivity index (χ1v) is 10.1. The number of hydrogen-bond acceptors (Lipinski definition) is 5. The summed E-state index contributed by atoms with van der Waals surface area (Å²) in [5, 5.41) is 8.07. The number of benzene rings is 1. The third kappa shape index (κ3) is 3.18. The molecule has 0 aliphatic carbocycles. The van der Waals surface area contributed by atoms with Crippen LogP contribution in [0.4, 0.5) is 4.79 Å². The largest absolute Gasteiger partial charge is 0.443 e. The molecule has 0 saturated carbocycles. The molecule has 0 radical (unpaired) electrons. The number of ether oxygens (including phenoxy) is 1. The van der Waals surface area contributed by atoms with Crippen LogP contribution in [0.25, 0.3) is 32.7 Å². The minimum Gasteiger partial charge on any atom is -0.443 e. The summed E-state index contributed by atoms with van der Waals surface area (Å²) in [6.45, 7) is 5.60. The lowest BCUT2D eigenvalue weighted by molar-refractivity contribution is 0.0544. The quantitative estimate of drug-likeness (QED) is 0.410. The molecule has 4 rings (SSSR count). The van der Waals surface area contributed by atoms with Crippen LogP contribution in [0.3, 0.4) is 0 Å². The van der Waals surface area contributed by atoms with Crippen molar-refractivity contribution in [2.75, 3.05) is 0 Å². The number of carbonyl (C=O) groups is 1. The number of para-hydroxylation sites is 1. The molecule has 0 saturated heterocycles. The van der Waals surface area contributed by atoms with Crippen molar-refractivity contribution >= 4 is 39.7 Å². The van der Waals surface area contributed by atoms with Crippen LogP contribution in [0, 0.1) is 0 Å². The fourth-order valence-electron chi connectivity index (χ4n) is 2.75. The Morgan fingerprint density at radius 3 is 2.69 bits per heavy atom. The van der Waals surface area contributed by atoms with Gasteiger partial charge in [-0.15, -0.1) is 11.3 Å². The fraction of sp³-hybridized carbons (Fsp3) is 0.200. The third-order valence-corrected chi connectivity index (χ3v) is 5.41. The van der Waals surface area contributed by atoms with Gasteiger partial charge < -0.3 is 4.74 Å². The molecule has 6 heteroatoms. The minimum absolute atomic E-state index is 0.380. The number of aromatic nitrogens is 2. The summed E-state index contributed by atoms with van der Waals surface area (Å²) < 4.78 is 7.12. The van der Waals surface area contributed by atoms with Crippen LogP contribution < -0.4 is 0 Å². The molecule has 0 fully saturated rings. The van der Waals surface area contributed by atoms with Crippen molar-refractivity contribution in [1.82, 2.24) is 9.55 Å². The second-order valence-electron chi connectivity index (χ2n) is 6.96. The van der Waals surface area contributed by atoms with Crippen LogP contribution in [0.15, 0.2) is 52.7 Å². The monoisotopic (exact) mass is 382 g/mol. The lowest BCUT2D eigenvalue weighted by atomic mass is 10.2. The number of hydrogen-bond donors (Lipinski definition) is 0. The van der Waals surface area contributed by atoms with Crippen molar-refractivity contribution in [3.63, 3.8) is 0 Å². The van der Waals surface area contributed by atoms with Gasteiger partial charge in [-0.25, -0.2) is 9.78 Å². The Hall–Kier alpha value is -2.44. The SMILES string of the molecule is CC(C)(C)OC(=O)n1cc(-c2nc(-c3ccsc3)cs2)c2ccccc21. The number of fused-ring (bicyclic) bond motifs is 1. The van der Waals surface area contributed by atoms with Crippen LogP contribution in [-0.4, -0.2) is 21.2 Å². The normalized spacial score (nSPS) is 11.8. The van der Waals surface area contributed by atoms with E-state index in [0.29, 0.717) is 0 Å². The number of thiazole rings is 1. The van der Waals surface area contributed by atoms with Gasteiger partial charge in [-0.1, -0.05) is 18.2 Å². The first-order valence-electron chi connectivity index (χ1n) is 8.24. The molecule has 1 aromatic carbocycles. The lowest BCUT2D eigenvalue weighted by Gasteiger charge is -2.19. The van der Waals surface area contributed by atoms with Gasteiger partial charge in [0.25, 0.3) is 0 Å². The standard InChI is InChI=1S/C20H18N2O2S2/c1-20(2,3)24-19(23)22-10-15(14-6-4-5-7-17(14)22)18-21-16(12-26-18)13-8-9-25-11-13/h4-12H,1-3H3. The van der Waals surface area contributed by atoms with Crippen molar-refractivity contribution in [3.8, 4) is 21.8 Å². The first-order chi connectivity index (χ1) is 12.4. The average molecular weight is 383 g/mol. The van der Waals surface area contributed by atoms with Crippen LogP contribution >= 0.6 is 22.7 Å². The number of thiophene rings is 1. The van der Waals surface area contributed by atoms with Gasteiger partial charge in [-0.2, -0.15) is 11.3 Å². The van der Waals surface area contributed by atoms with Crippen LogP contribution in [-0.2, 0) is 4.74 Å². The molecule has 0 atom stereocenters.